The quantitative estimate of drug-likeness (QED) is 0.919. The molecule has 0 amide bonds. The Morgan fingerprint density at radius 3 is 2.70 bits per heavy atom. The SMILES string of the molecule is Cc1cc(F)ccc1C(N)c1cccc(OC2CC2)c1. The first-order valence-corrected chi connectivity index (χ1v) is 6.92. The molecule has 3 heteroatoms. The van der Waals surface area contributed by atoms with Crippen LogP contribution in [-0.4, -0.2) is 6.10 Å². The Morgan fingerprint density at radius 2 is 2.00 bits per heavy atom. The van der Waals surface area contributed by atoms with Crippen molar-refractivity contribution in [2.75, 3.05) is 0 Å². The van der Waals surface area contributed by atoms with Crippen molar-refractivity contribution >= 4 is 0 Å². The second kappa shape index (κ2) is 5.25. The van der Waals surface area contributed by atoms with Gasteiger partial charge in [-0.25, -0.2) is 4.39 Å². The van der Waals surface area contributed by atoms with Crippen LogP contribution in [-0.2, 0) is 0 Å². The van der Waals surface area contributed by atoms with E-state index in [0.717, 1.165) is 35.3 Å². The van der Waals surface area contributed by atoms with Crippen LogP contribution in [0, 0.1) is 12.7 Å². The van der Waals surface area contributed by atoms with Crippen LogP contribution in [0.2, 0.25) is 0 Å². The molecular weight excluding hydrogens is 253 g/mol. The number of hydrogen-bond acceptors (Lipinski definition) is 2. The first kappa shape index (κ1) is 13.1. The summed E-state index contributed by atoms with van der Waals surface area (Å²) in [5, 5.41) is 0. The van der Waals surface area contributed by atoms with Crippen molar-refractivity contribution in [3.05, 3.63) is 65.0 Å². The van der Waals surface area contributed by atoms with Gasteiger partial charge in [-0.15, -0.1) is 0 Å². The van der Waals surface area contributed by atoms with Crippen molar-refractivity contribution in [2.45, 2.75) is 31.9 Å². The molecule has 0 bridgehead atoms. The van der Waals surface area contributed by atoms with Gasteiger partial charge in [0, 0.05) is 0 Å². The Balaban J connectivity index is 1.86. The Morgan fingerprint density at radius 1 is 1.20 bits per heavy atom. The fourth-order valence-electron chi connectivity index (χ4n) is 2.33. The largest absolute Gasteiger partial charge is 0.490 e. The minimum absolute atomic E-state index is 0.232. The lowest BCUT2D eigenvalue weighted by Gasteiger charge is -2.16. The fourth-order valence-corrected chi connectivity index (χ4v) is 2.33. The average Bonchev–Trinajstić information content (AvgIpc) is 3.22. The average molecular weight is 271 g/mol. The van der Waals surface area contributed by atoms with Gasteiger partial charge in [-0.1, -0.05) is 18.2 Å². The molecule has 0 saturated heterocycles. The summed E-state index contributed by atoms with van der Waals surface area (Å²) in [7, 11) is 0. The first-order chi connectivity index (χ1) is 9.63. The Kier molecular flexibility index (Phi) is 3.45. The molecule has 0 heterocycles. The summed E-state index contributed by atoms with van der Waals surface area (Å²) in [6.07, 6.45) is 2.63. The van der Waals surface area contributed by atoms with Gasteiger partial charge in [0.05, 0.1) is 12.1 Å². The van der Waals surface area contributed by atoms with Crippen LogP contribution < -0.4 is 10.5 Å². The summed E-state index contributed by atoms with van der Waals surface area (Å²) in [6.45, 7) is 1.88. The zero-order chi connectivity index (χ0) is 14.1. The van der Waals surface area contributed by atoms with Crippen LogP contribution in [0.15, 0.2) is 42.5 Å². The molecule has 3 rings (SSSR count). The van der Waals surface area contributed by atoms with Crippen molar-refractivity contribution in [3.8, 4) is 5.75 Å². The van der Waals surface area contributed by atoms with Crippen LogP contribution in [0.3, 0.4) is 0 Å². The summed E-state index contributed by atoms with van der Waals surface area (Å²) < 4.78 is 19.0. The minimum Gasteiger partial charge on any atom is -0.490 e. The number of rotatable bonds is 4. The van der Waals surface area contributed by atoms with E-state index in [1.807, 2.05) is 31.2 Å². The van der Waals surface area contributed by atoms with E-state index in [9.17, 15) is 4.39 Å². The number of nitrogens with two attached hydrogens (primary N) is 1. The molecule has 1 aliphatic rings. The molecule has 0 aliphatic heterocycles. The highest BCUT2D eigenvalue weighted by Gasteiger charge is 2.23. The third-order valence-corrected chi connectivity index (χ3v) is 3.61. The lowest BCUT2D eigenvalue weighted by Crippen LogP contribution is -2.13. The molecule has 0 radical (unpaired) electrons. The van der Waals surface area contributed by atoms with E-state index in [4.69, 9.17) is 10.5 Å². The van der Waals surface area contributed by atoms with E-state index >= 15 is 0 Å². The van der Waals surface area contributed by atoms with Crippen molar-refractivity contribution in [2.24, 2.45) is 5.73 Å². The van der Waals surface area contributed by atoms with Gasteiger partial charge in [-0.05, 0) is 60.7 Å². The molecule has 1 aliphatic carbocycles. The summed E-state index contributed by atoms with van der Waals surface area (Å²) in [5.74, 6) is 0.629. The van der Waals surface area contributed by atoms with Crippen molar-refractivity contribution in [3.63, 3.8) is 0 Å². The zero-order valence-corrected chi connectivity index (χ0v) is 11.5. The fraction of sp³-hybridized carbons (Fsp3) is 0.294. The topological polar surface area (TPSA) is 35.2 Å². The van der Waals surface area contributed by atoms with Gasteiger partial charge in [0.1, 0.15) is 11.6 Å². The van der Waals surface area contributed by atoms with E-state index < -0.39 is 0 Å². The molecule has 1 atom stereocenters. The van der Waals surface area contributed by atoms with Crippen LogP contribution in [0.5, 0.6) is 5.75 Å². The first-order valence-electron chi connectivity index (χ1n) is 6.92. The number of aryl methyl sites for hydroxylation is 1. The second-order valence-electron chi connectivity index (χ2n) is 5.37. The maximum absolute atomic E-state index is 13.2. The lowest BCUT2D eigenvalue weighted by molar-refractivity contribution is 0.303. The standard InChI is InChI=1S/C17H18FNO/c1-11-9-13(18)5-8-16(11)17(19)12-3-2-4-15(10-12)20-14-6-7-14/h2-5,8-10,14,17H,6-7,19H2,1H3. The normalized spacial score (nSPS) is 15.9. The molecule has 20 heavy (non-hydrogen) atoms. The summed E-state index contributed by atoms with van der Waals surface area (Å²) in [6, 6.07) is 12.3. The van der Waals surface area contributed by atoms with Crippen LogP contribution in [0.25, 0.3) is 0 Å². The predicted molar refractivity (Wildman–Crippen MR) is 77.3 cm³/mol. The van der Waals surface area contributed by atoms with Gasteiger partial charge in [-0.2, -0.15) is 0 Å². The van der Waals surface area contributed by atoms with Gasteiger partial charge in [0.2, 0.25) is 0 Å². The van der Waals surface area contributed by atoms with Gasteiger partial charge in [-0.3, -0.25) is 0 Å². The number of hydrogen-bond donors (Lipinski definition) is 1. The third-order valence-electron chi connectivity index (χ3n) is 3.61. The third kappa shape index (κ3) is 2.83. The Hall–Kier alpha value is -1.87. The van der Waals surface area contributed by atoms with Gasteiger partial charge < -0.3 is 10.5 Å². The highest BCUT2D eigenvalue weighted by Crippen LogP contribution is 2.30. The number of ether oxygens (including phenoxy) is 1. The van der Waals surface area contributed by atoms with E-state index in [2.05, 4.69) is 0 Å². The molecule has 1 fully saturated rings. The molecular formula is C17H18FNO. The molecule has 104 valence electrons. The smallest absolute Gasteiger partial charge is 0.123 e. The van der Waals surface area contributed by atoms with Crippen molar-refractivity contribution < 1.29 is 9.13 Å². The van der Waals surface area contributed by atoms with Crippen LogP contribution in [0.4, 0.5) is 4.39 Å². The van der Waals surface area contributed by atoms with E-state index in [1.165, 1.54) is 12.1 Å². The highest BCUT2D eigenvalue weighted by molar-refractivity contribution is 5.39. The number of halogens is 1. The van der Waals surface area contributed by atoms with Gasteiger partial charge >= 0.3 is 0 Å². The lowest BCUT2D eigenvalue weighted by atomic mass is 9.95. The molecule has 2 aromatic rings. The molecule has 1 saturated carbocycles. The molecule has 2 N–H and O–H groups in total. The van der Waals surface area contributed by atoms with Crippen molar-refractivity contribution in [1.29, 1.82) is 0 Å². The zero-order valence-electron chi connectivity index (χ0n) is 11.5. The van der Waals surface area contributed by atoms with E-state index in [0.29, 0.717) is 6.10 Å². The monoisotopic (exact) mass is 271 g/mol. The number of benzene rings is 2. The molecule has 2 aromatic carbocycles. The highest BCUT2D eigenvalue weighted by atomic mass is 19.1. The van der Waals surface area contributed by atoms with E-state index in [1.54, 1.807) is 6.07 Å². The van der Waals surface area contributed by atoms with Crippen LogP contribution in [0.1, 0.15) is 35.6 Å². The van der Waals surface area contributed by atoms with E-state index in [-0.39, 0.29) is 11.9 Å². The minimum atomic E-state index is -0.265. The summed E-state index contributed by atoms with van der Waals surface area (Å²) in [5.41, 5.74) is 9.10. The second-order valence-corrected chi connectivity index (χ2v) is 5.37. The predicted octanol–water partition coefficient (Wildman–Crippen LogP) is 3.72. The Labute approximate surface area is 118 Å². The maximum Gasteiger partial charge on any atom is 0.123 e. The molecule has 2 nitrogen and oxygen atoms in total. The maximum atomic E-state index is 13.2. The summed E-state index contributed by atoms with van der Waals surface area (Å²) in [4.78, 5) is 0. The molecule has 0 spiro atoms. The Bertz CT molecular complexity index is 622. The van der Waals surface area contributed by atoms with Crippen LogP contribution >= 0.6 is 0 Å². The summed E-state index contributed by atoms with van der Waals surface area (Å²) >= 11 is 0. The molecule has 0 aromatic heterocycles. The van der Waals surface area contributed by atoms with Gasteiger partial charge in [0.15, 0.2) is 0 Å². The van der Waals surface area contributed by atoms with Gasteiger partial charge in [0.25, 0.3) is 0 Å². The molecule has 1 unspecified atom stereocenters. The van der Waals surface area contributed by atoms with Crippen molar-refractivity contribution in [1.82, 2.24) is 0 Å².